The number of ether oxygens (including phenoxy) is 2. The largest absolute Gasteiger partial charge is 0.497 e. The molecule has 0 aliphatic rings. The number of rotatable bonds is 7. The Balaban J connectivity index is 2.02. The van der Waals surface area contributed by atoms with Crippen LogP contribution in [-0.2, 0) is 9.59 Å². The van der Waals surface area contributed by atoms with Crippen molar-refractivity contribution in [1.82, 2.24) is 5.32 Å². The quantitative estimate of drug-likeness (QED) is 0.807. The van der Waals surface area contributed by atoms with E-state index in [1.165, 1.54) is 0 Å². The van der Waals surface area contributed by atoms with Gasteiger partial charge in [0, 0.05) is 0 Å². The average Bonchev–Trinajstić information content (AvgIpc) is 2.61. The molecule has 0 heterocycles. The number of amides is 1. The highest BCUT2D eigenvalue weighted by Gasteiger charge is 2.24. The van der Waals surface area contributed by atoms with Gasteiger partial charge in [-0.05, 0) is 54.8 Å². The Hall–Kier alpha value is -3.02. The van der Waals surface area contributed by atoms with Crippen molar-refractivity contribution >= 4 is 11.9 Å². The van der Waals surface area contributed by atoms with Gasteiger partial charge in [0.05, 0.1) is 7.11 Å². The topological polar surface area (TPSA) is 84.9 Å². The molecule has 2 N–H and O–H groups in total. The van der Waals surface area contributed by atoms with Crippen LogP contribution in [0.25, 0.3) is 0 Å². The Morgan fingerprint density at radius 3 is 2.32 bits per heavy atom. The van der Waals surface area contributed by atoms with Gasteiger partial charge in [-0.25, -0.2) is 4.79 Å². The standard InChI is InChI=1S/C19H21NO5/c1-12-5-4-6-16(13(12)2)18(19(22)23)20-17(21)11-25-15-9-7-14(24-3)8-10-15/h4-10,18H,11H2,1-3H3,(H,20,21)(H,22,23). The lowest BCUT2D eigenvalue weighted by molar-refractivity contribution is -0.142. The van der Waals surface area contributed by atoms with Crippen LogP contribution in [0.1, 0.15) is 22.7 Å². The fourth-order valence-corrected chi connectivity index (χ4v) is 2.38. The van der Waals surface area contributed by atoms with E-state index in [1.807, 2.05) is 19.9 Å². The van der Waals surface area contributed by atoms with Gasteiger partial charge in [-0.2, -0.15) is 0 Å². The molecule has 6 nitrogen and oxygen atoms in total. The third kappa shape index (κ3) is 4.73. The van der Waals surface area contributed by atoms with Crippen molar-refractivity contribution in [2.24, 2.45) is 0 Å². The first-order valence-corrected chi connectivity index (χ1v) is 7.77. The molecule has 1 atom stereocenters. The van der Waals surface area contributed by atoms with Gasteiger partial charge in [-0.3, -0.25) is 4.79 Å². The lowest BCUT2D eigenvalue weighted by Gasteiger charge is -2.18. The molecule has 25 heavy (non-hydrogen) atoms. The van der Waals surface area contributed by atoms with E-state index in [1.54, 1.807) is 43.5 Å². The van der Waals surface area contributed by atoms with E-state index in [0.717, 1.165) is 11.1 Å². The molecule has 1 unspecified atom stereocenters. The van der Waals surface area contributed by atoms with Crippen LogP contribution >= 0.6 is 0 Å². The third-order valence-corrected chi connectivity index (χ3v) is 3.94. The summed E-state index contributed by atoms with van der Waals surface area (Å²) in [5.41, 5.74) is 2.36. The Morgan fingerprint density at radius 2 is 1.72 bits per heavy atom. The van der Waals surface area contributed by atoms with Crippen molar-refractivity contribution in [3.05, 3.63) is 59.2 Å². The van der Waals surface area contributed by atoms with E-state index in [-0.39, 0.29) is 6.61 Å². The minimum atomic E-state index is -1.12. The van der Waals surface area contributed by atoms with Crippen LogP contribution in [-0.4, -0.2) is 30.7 Å². The van der Waals surface area contributed by atoms with Gasteiger partial charge in [0.2, 0.25) is 0 Å². The summed E-state index contributed by atoms with van der Waals surface area (Å²) in [6, 6.07) is 11.0. The van der Waals surface area contributed by atoms with Crippen LogP contribution in [0.2, 0.25) is 0 Å². The first-order valence-electron chi connectivity index (χ1n) is 7.77. The number of hydrogen-bond donors (Lipinski definition) is 2. The normalized spacial score (nSPS) is 11.5. The lowest BCUT2D eigenvalue weighted by Crippen LogP contribution is -2.37. The molecule has 0 saturated carbocycles. The SMILES string of the molecule is COc1ccc(OCC(=O)NC(C(=O)O)c2cccc(C)c2C)cc1. The van der Waals surface area contributed by atoms with Crippen LogP contribution < -0.4 is 14.8 Å². The molecule has 0 spiro atoms. The summed E-state index contributed by atoms with van der Waals surface area (Å²) in [6.07, 6.45) is 0. The van der Waals surface area contributed by atoms with Crippen molar-refractivity contribution in [1.29, 1.82) is 0 Å². The number of carbonyl (C=O) groups excluding carboxylic acids is 1. The second kappa shape index (κ2) is 8.19. The fraction of sp³-hybridized carbons (Fsp3) is 0.263. The van der Waals surface area contributed by atoms with E-state index in [4.69, 9.17) is 9.47 Å². The molecule has 0 aromatic heterocycles. The van der Waals surface area contributed by atoms with Crippen molar-refractivity contribution in [3.63, 3.8) is 0 Å². The predicted octanol–water partition coefficient (Wildman–Crippen LogP) is 2.63. The van der Waals surface area contributed by atoms with Gasteiger partial charge < -0.3 is 19.9 Å². The van der Waals surface area contributed by atoms with Crippen molar-refractivity contribution in [3.8, 4) is 11.5 Å². The number of hydrogen-bond acceptors (Lipinski definition) is 4. The first kappa shape index (κ1) is 18.3. The summed E-state index contributed by atoms with van der Waals surface area (Å²) in [5, 5.41) is 12.0. The van der Waals surface area contributed by atoms with E-state index in [0.29, 0.717) is 17.1 Å². The maximum atomic E-state index is 12.1. The molecular formula is C19H21NO5. The molecular weight excluding hydrogens is 322 g/mol. The molecule has 6 heteroatoms. The van der Waals surface area contributed by atoms with E-state index >= 15 is 0 Å². The lowest BCUT2D eigenvalue weighted by atomic mass is 9.97. The summed E-state index contributed by atoms with van der Waals surface area (Å²) in [6.45, 7) is 3.45. The van der Waals surface area contributed by atoms with Crippen molar-refractivity contribution < 1.29 is 24.2 Å². The number of aliphatic carboxylic acids is 1. The summed E-state index contributed by atoms with van der Waals surface area (Å²) < 4.78 is 10.4. The zero-order chi connectivity index (χ0) is 18.4. The first-order chi connectivity index (χ1) is 11.9. The molecule has 0 bridgehead atoms. The molecule has 0 saturated heterocycles. The summed E-state index contributed by atoms with van der Waals surface area (Å²) in [5.74, 6) is -0.456. The molecule has 2 aromatic carbocycles. The highest BCUT2D eigenvalue weighted by atomic mass is 16.5. The Kier molecular flexibility index (Phi) is 6.00. The van der Waals surface area contributed by atoms with E-state index in [9.17, 15) is 14.7 Å². The van der Waals surface area contributed by atoms with Crippen LogP contribution in [0.4, 0.5) is 0 Å². The highest BCUT2D eigenvalue weighted by molar-refractivity contribution is 5.85. The van der Waals surface area contributed by atoms with Crippen LogP contribution in [0.15, 0.2) is 42.5 Å². The molecule has 1 amide bonds. The van der Waals surface area contributed by atoms with Crippen molar-refractivity contribution in [2.75, 3.05) is 13.7 Å². The van der Waals surface area contributed by atoms with Crippen LogP contribution in [0, 0.1) is 13.8 Å². The number of carbonyl (C=O) groups is 2. The Morgan fingerprint density at radius 1 is 1.08 bits per heavy atom. The summed E-state index contributed by atoms with van der Waals surface area (Å²) >= 11 is 0. The molecule has 0 fully saturated rings. The number of methoxy groups -OCH3 is 1. The highest BCUT2D eigenvalue weighted by Crippen LogP contribution is 2.21. The van der Waals surface area contributed by atoms with E-state index in [2.05, 4.69) is 5.32 Å². The van der Waals surface area contributed by atoms with Gasteiger partial charge in [-0.1, -0.05) is 18.2 Å². The molecule has 132 valence electrons. The molecule has 2 aromatic rings. The number of nitrogens with one attached hydrogen (secondary N) is 1. The van der Waals surface area contributed by atoms with Gasteiger partial charge in [0.25, 0.3) is 5.91 Å². The smallest absolute Gasteiger partial charge is 0.330 e. The number of carboxylic acid groups (broad SMARTS) is 1. The minimum absolute atomic E-state index is 0.277. The fourth-order valence-electron chi connectivity index (χ4n) is 2.38. The second-order valence-electron chi connectivity index (χ2n) is 5.59. The molecule has 0 aliphatic carbocycles. The van der Waals surface area contributed by atoms with Gasteiger partial charge >= 0.3 is 5.97 Å². The number of aryl methyl sites for hydroxylation is 1. The van der Waals surface area contributed by atoms with Crippen LogP contribution in [0.3, 0.4) is 0 Å². The summed E-state index contributed by atoms with van der Waals surface area (Å²) in [7, 11) is 1.56. The zero-order valence-corrected chi connectivity index (χ0v) is 14.4. The monoisotopic (exact) mass is 343 g/mol. The molecule has 2 rings (SSSR count). The Labute approximate surface area is 146 Å². The average molecular weight is 343 g/mol. The zero-order valence-electron chi connectivity index (χ0n) is 14.4. The van der Waals surface area contributed by atoms with Gasteiger partial charge in [-0.15, -0.1) is 0 Å². The van der Waals surface area contributed by atoms with Crippen LogP contribution in [0.5, 0.6) is 11.5 Å². The predicted molar refractivity (Wildman–Crippen MR) is 92.9 cm³/mol. The van der Waals surface area contributed by atoms with Gasteiger partial charge in [0.15, 0.2) is 12.6 Å². The second-order valence-corrected chi connectivity index (χ2v) is 5.59. The van der Waals surface area contributed by atoms with Crippen molar-refractivity contribution in [2.45, 2.75) is 19.9 Å². The van der Waals surface area contributed by atoms with E-state index < -0.39 is 17.9 Å². The maximum Gasteiger partial charge on any atom is 0.330 e. The molecule has 0 radical (unpaired) electrons. The Bertz CT molecular complexity index is 755. The number of benzene rings is 2. The minimum Gasteiger partial charge on any atom is -0.497 e. The number of carboxylic acids is 1. The van der Waals surface area contributed by atoms with Gasteiger partial charge in [0.1, 0.15) is 11.5 Å². The molecule has 0 aliphatic heterocycles. The third-order valence-electron chi connectivity index (χ3n) is 3.94. The summed E-state index contributed by atoms with van der Waals surface area (Å²) in [4.78, 5) is 23.7. The maximum absolute atomic E-state index is 12.1.